The molecule has 8 heteroatoms. The summed E-state index contributed by atoms with van der Waals surface area (Å²) in [6, 6.07) is 3.98. The van der Waals surface area contributed by atoms with Crippen molar-refractivity contribution in [2.24, 2.45) is 0 Å². The highest BCUT2D eigenvalue weighted by molar-refractivity contribution is 9.11. The molecule has 0 atom stereocenters. The van der Waals surface area contributed by atoms with Gasteiger partial charge in [-0.2, -0.15) is 0 Å². The molecule has 1 aliphatic rings. The summed E-state index contributed by atoms with van der Waals surface area (Å²) in [5.74, 6) is -0.824. The van der Waals surface area contributed by atoms with Crippen molar-refractivity contribution >= 4 is 39.3 Å². The topological polar surface area (TPSA) is 72.9 Å². The van der Waals surface area contributed by atoms with E-state index in [1.54, 1.807) is 16.2 Å². The van der Waals surface area contributed by atoms with E-state index in [4.69, 9.17) is 5.11 Å². The maximum atomic E-state index is 12.0. The Bertz CT molecular complexity index is 501. The number of carbonyl (C=O) groups is 2. The van der Waals surface area contributed by atoms with Gasteiger partial charge < -0.3 is 15.3 Å². The molecule has 0 bridgehead atoms. The molecule has 21 heavy (non-hydrogen) atoms. The number of urea groups is 1. The highest BCUT2D eigenvalue weighted by Gasteiger charge is 2.21. The lowest BCUT2D eigenvalue weighted by Crippen LogP contribution is -2.52. The summed E-state index contributed by atoms with van der Waals surface area (Å²) in [6.07, 6.45) is 0.820. The minimum Gasteiger partial charge on any atom is -0.480 e. The normalized spacial score (nSPS) is 16.0. The quantitative estimate of drug-likeness (QED) is 0.816. The molecule has 1 aromatic rings. The molecule has 1 aromatic heterocycles. The van der Waals surface area contributed by atoms with Crippen LogP contribution in [-0.4, -0.2) is 66.2 Å². The zero-order valence-corrected chi connectivity index (χ0v) is 14.0. The maximum absolute atomic E-state index is 12.0. The molecule has 0 aliphatic carbocycles. The first-order chi connectivity index (χ1) is 10.0. The molecule has 0 saturated carbocycles. The fourth-order valence-electron chi connectivity index (χ4n) is 2.19. The summed E-state index contributed by atoms with van der Waals surface area (Å²) in [5, 5.41) is 11.6. The lowest BCUT2D eigenvalue weighted by Gasteiger charge is -2.33. The monoisotopic (exact) mass is 375 g/mol. The molecular formula is C13H18BrN3O3S. The summed E-state index contributed by atoms with van der Waals surface area (Å²) in [4.78, 5) is 27.4. The number of rotatable bonds is 5. The molecule has 0 radical (unpaired) electrons. The van der Waals surface area contributed by atoms with Crippen molar-refractivity contribution in [3.8, 4) is 0 Å². The number of amides is 2. The van der Waals surface area contributed by atoms with Gasteiger partial charge in [0.2, 0.25) is 0 Å². The minimum atomic E-state index is -0.824. The lowest BCUT2D eigenvalue weighted by atomic mass is 10.3. The number of carbonyl (C=O) groups excluding carboxylic acids is 1. The van der Waals surface area contributed by atoms with Gasteiger partial charge in [-0.05, 0) is 34.5 Å². The van der Waals surface area contributed by atoms with E-state index in [0.717, 1.165) is 10.2 Å². The number of aliphatic carboxylic acids is 1. The molecule has 1 fully saturated rings. The molecule has 116 valence electrons. The second-order valence-electron chi connectivity index (χ2n) is 4.84. The molecule has 2 rings (SSSR count). The van der Waals surface area contributed by atoms with Crippen molar-refractivity contribution in [2.75, 3.05) is 39.3 Å². The molecule has 2 N–H and O–H groups in total. The lowest BCUT2D eigenvalue weighted by molar-refractivity contribution is -0.138. The second-order valence-corrected chi connectivity index (χ2v) is 7.39. The van der Waals surface area contributed by atoms with Crippen LogP contribution in [0.4, 0.5) is 4.79 Å². The van der Waals surface area contributed by atoms with Gasteiger partial charge in [-0.1, -0.05) is 0 Å². The van der Waals surface area contributed by atoms with Crippen LogP contribution in [0.3, 0.4) is 0 Å². The van der Waals surface area contributed by atoms with Crippen molar-refractivity contribution in [2.45, 2.75) is 6.42 Å². The molecule has 2 amide bonds. The van der Waals surface area contributed by atoms with Crippen LogP contribution in [0.15, 0.2) is 15.9 Å². The SMILES string of the molecule is O=C(O)CN1CCN(C(=O)NCCc2ccc(Br)s2)CC1. The van der Waals surface area contributed by atoms with Gasteiger partial charge >= 0.3 is 12.0 Å². The van der Waals surface area contributed by atoms with Gasteiger partial charge in [0.15, 0.2) is 0 Å². The number of thiophene rings is 1. The summed E-state index contributed by atoms with van der Waals surface area (Å²) >= 11 is 5.09. The molecular weight excluding hydrogens is 358 g/mol. The van der Waals surface area contributed by atoms with Crippen molar-refractivity contribution in [1.29, 1.82) is 0 Å². The fourth-order valence-corrected chi connectivity index (χ4v) is 3.67. The highest BCUT2D eigenvalue weighted by atomic mass is 79.9. The molecule has 1 saturated heterocycles. The number of carboxylic acids is 1. The van der Waals surface area contributed by atoms with Crippen LogP contribution in [0.1, 0.15) is 4.88 Å². The average Bonchev–Trinajstić information content (AvgIpc) is 2.84. The molecule has 0 aromatic carbocycles. The van der Waals surface area contributed by atoms with Gasteiger partial charge in [0.25, 0.3) is 0 Å². The first kappa shape index (κ1) is 16.3. The Balaban J connectivity index is 1.66. The first-order valence-electron chi connectivity index (χ1n) is 6.76. The van der Waals surface area contributed by atoms with Crippen LogP contribution in [0.2, 0.25) is 0 Å². The van der Waals surface area contributed by atoms with E-state index in [0.29, 0.717) is 32.7 Å². The van der Waals surface area contributed by atoms with E-state index in [1.807, 2.05) is 17.0 Å². The van der Waals surface area contributed by atoms with Crippen LogP contribution >= 0.6 is 27.3 Å². The Morgan fingerprint density at radius 2 is 2.00 bits per heavy atom. The Morgan fingerprint density at radius 1 is 1.29 bits per heavy atom. The second kappa shape index (κ2) is 7.77. The number of piperazine rings is 1. The third kappa shape index (κ3) is 5.29. The minimum absolute atomic E-state index is 0.0444. The van der Waals surface area contributed by atoms with Gasteiger partial charge in [-0.3, -0.25) is 9.69 Å². The Hall–Kier alpha value is -1.12. The highest BCUT2D eigenvalue weighted by Crippen LogP contribution is 2.22. The third-order valence-corrected chi connectivity index (χ3v) is 4.98. The zero-order valence-electron chi connectivity index (χ0n) is 11.5. The molecule has 0 spiro atoms. The fraction of sp³-hybridized carbons (Fsp3) is 0.538. The van der Waals surface area contributed by atoms with Crippen LogP contribution in [0, 0.1) is 0 Å². The maximum Gasteiger partial charge on any atom is 0.317 e. The standard InChI is InChI=1S/C13H18BrN3O3S/c14-11-2-1-10(21-11)3-4-15-13(20)17-7-5-16(6-8-17)9-12(18)19/h1-2H,3-9H2,(H,15,20)(H,18,19). The summed E-state index contributed by atoms with van der Waals surface area (Å²) in [6.45, 7) is 3.02. The third-order valence-electron chi connectivity index (χ3n) is 3.29. The Labute approximate surface area is 135 Å². The smallest absolute Gasteiger partial charge is 0.317 e. The molecule has 0 unspecified atom stereocenters. The van der Waals surface area contributed by atoms with E-state index >= 15 is 0 Å². The van der Waals surface area contributed by atoms with E-state index in [2.05, 4.69) is 21.2 Å². The number of nitrogens with one attached hydrogen (secondary N) is 1. The number of hydrogen-bond donors (Lipinski definition) is 2. The molecule has 6 nitrogen and oxygen atoms in total. The van der Waals surface area contributed by atoms with Gasteiger partial charge in [0, 0.05) is 37.6 Å². The van der Waals surface area contributed by atoms with Crippen molar-refractivity contribution in [1.82, 2.24) is 15.1 Å². The van der Waals surface area contributed by atoms with Crippen LogP contribution in [0.5, 0.6) is 0 Å². The van der Waals surface area contributed by atoms with E-state index in [9.17, 15) is 9.59 Å². The zero-order chi connectivity index (χ0) is 15.2. The van der Waals surface area contributed by atoms with Gasteiger partial charge in [0.05, 0.1) is 10.3 Å². The number of carboxylic acid groups (broad SMARTS) is 1. The average molecular weight is 376 g/mol. The number of nitrogens with zero attached hydrogens (tertiary/aromatic N) is 2. The van der Waals surface area contributed by atoms with E-state index < -0.39 is 5.97 Å². The van der Waals surface area contributed by atoms with Crippen LogP contribution < -0.4 is 5.32 Å². The largest absolute Gasteiger partial charge is 0.480 e. The Morgan fingerprint density at radius 3 is 2.57 bits per heavy atom. The Kier molecular flexibility index (Phi) is 6.01. The van der Waals surface area contributed by atoms with Gasteiger partial charge in [0.1, 0.15) is 0 Å². The van der Waals surface area contributed by atoms with E-state index in [-0.39, 0.29) is 12.6 Å². The predicted octanol–water partition coefficient (Wildman–Crippen LogP) is 1.46. The summed E-state index contributed by atoms with van der Waals surface area (Å²) in [7, 11) is 0. The van der Waals surface area contributed by atoms with Crippen molar-refractivity contribution in [3.63, 3.8) is 0 Å². The molecule has 2 heterocycles. The van der Waals surface area contributed by atoms with Crippen LogP contribution in [-0.2, 0) is 11.2 Å². The van der Waals surface area contributed by atoms with Gasteiger partial charge in [-0.15, -0.1) is 11.3 Å². The summed E-state index contributed by atoms with van der Waals surface area (Å²) in [5.41, 5.74) is 0. The van der Waals surface area contributed by atoms with Crippen molar-refractivity contribution in [3.05, 3.63) is 20.8 Å². The van der Waals surface area contributed by atoms with E-state index in [1.165, 1.54) is 4.88 Å². The number of hydrogen-bond acceptors (Lipinski definition) is 4. The first-order valence-corrected chi connectivity index (χ1v) is 8.36. The van der Waals surface area contributed by atoms with Crippen molar-refractivity contribution < 1.29 is 14.7 Å². The molecule has 1 aliphatic heterocycles. The summed E-state index contributed by atoms with van der Waals surface area (Å²) < 4.78 is 1.10. The number of halogens is 1. The van der Waals surface area contributed by atoms with Gasteiger partial charge in [-0.25, -0.2) is 4.79 Å². The van der Waals surface area contributed by atoms with Crippen LogP contribution in [0.25, 0.3) is 0 Å². The predicted molar refractivity (Wildman–Crippen MR) is 84.8 cm³/mol.